The molecule has 0 radical (unpaired) electrons. The fraction of sp³-hybridized carbons (Fsp3) is 0.462. The monoisotopic (exact) mass is 314 g/mol. The van der Waals surface area contributed by atoms with E-state index in [1.54, 1.807) is 0 Å². The first kappa shape index (κ1) is 14.5. The predicted molar refractivity (Wildman–Crippen MR) is 82.6 cm³/mol. The molecule has 2 nitrogen and oxygen atoms in total. The zero-order valence-corrected chi connectivity index (χ0v) is 12.9. The maximum Gasteiger partial charge on any atom is 0.106 e. The van der Waals surface area contributed by atoms with E-state index in [1.807, 2.05) is 18.2 Å². The molecule has 0 heterocycles. The Balaban J connectivity index is 3.02. The molecular weight excluding hydrogens is 296 g/mol. The number of thiocarbonyl (C=S) groups is 1. The number of nitrogens with one attached hydrogen (secondary N) is 1. The minimum absolute atomic E-state index is 0.0438. The van der Waals surface area contributed by atoms with Crippen LogP contribution in [0.15, 0.2) is 22.7 Å². The fourth-order valence-electron chi connectivity index (χ4n) is 1.88. The number of hydrogen-bond donors (Lipinski definition) is 2. The summed E-state index contributed by atoms with van der Waals surface area (Å²) in [6.45, 7) is 6.54. The summed E-state index contributed by atoms with van der Waals surface area (Å²) >= 11 is 8.51. The molecule has 0 atom stereocenters. The van der Waals surface area contributed by atoms with Crippen molar-refractivity contribution >= 4 is 38.8 Å². The van der Waals surface area contributed by atoms with Crippen LogP contribution in [-0.4, -0.2) is 10.5 Å². The average Bonchev–Trinajstić information content (AvgIpc) is 2.20. The molecule has 0 saturated carbocycles. The van der Waals surface area contributed by atoms with E-state index in [-0.39, 0.29) is 5.54 Å². The highest BCUT2D eigenvalue weighted by molar-refractivity contribution is 9.10. The number of anilines is 1. The lowest BCUT2D eigenvalue weighted by molar-refractivity contribution is 0.511. The lowest BCUT2D eigenvalue weighted by Gasteiger charge is -2.28. The van der Waals surface area contributed by atoms with Crippen molar-refractivity contribution in [3.63, 3.8) is 0 Å². The van der Waals surface area contributed by atoms with Crippen LogP contribution in [0.5, 0.6) is 0 Å². The van der Waals surface area contributed by atoms with Crippen LogP contribution in [0.3, 0.4) is 0 Å². The third-order valence-corrected chi connectivity index (χ3v) is 3.31. The molecule has 94 valence electrons. The molecule has 0 unspecified atom stereocenters. The highest BCUT2D eigenvalue weighted by Crippen LogP contribution is 2.25. The van der Waals surface area contributed by atoms with Crippen LogP contribution in [0, 0.1) is 0 Å². The quantitative estimate of drug-likeness (QED) is 0.804. The van der Waals surface area contributed by atoms with E-state index in [4.69, 9.17) is 18.0 Å². The van der Waals surface area contributed by atoms with Gasteiger partial charge in [-0.3, -0.25) is 0 Å². The zero-order chi connectivity index (χ0) is 13.1. The van der Waals surface area contributed by atoms with Crippen LogP contribution in [-0.2, 0) is 0 Å². The van der Waals surface area contributed by atoms with Gasteiger partial charge in [-0.25, -0.2) is 0 Å². The zero-order valence-electron chi connectivity index (χ0n) is 10.5. The van der Waals surface area contributed by atoms with Gasteiger partial charge in [0, 0.05) is 21.3 Å². The first-order valence-electron chi connectivity index (χ1n) is 5.73. The molecule has 17 heavy (non-hydrogen) atoms. The molecule has 0 saturated heterocycles. The van der Waals surface area contributed by atoms with Gasteiger partial charge in [-0.1, -0.05) is 41.5 Å². The Bertz CT molecular complexity index is 416. The van der Waals surface area contributed by atoms with Crippen LogP contribution >= 0.6 is 28.1 Å². The molecule has 1 aromatic rings. The van der Waals surface area contributed by atoms with Gasteiger partial charge in [-0.05, 0) is 38.5 Å². The summed E-state index contributed by atoms with van der Waals surface area (Å²) in [4.78, 5) is 0.418. The SMILES string of the molecule is CCCC(C)(C)Nc1ccc(Br)cc1C(N)=S. The van der Waals surface area contributed by atoms with Gasteiger partial charge in [0.15, 0.2) is 0 Å². The van der Waals surface area contributed by atoms with Gasteiger partial charge >= 0.3 is 0 Å². The normalized spacial score (nSPS) is 11.3. The average molecular weight is 315 g/mol. The highest BCUT2D eigenvalue weighted by Gasteiger charge is 2.18. The van der Waals surface area contributed by atoms with Crippen molar-refractivity contribution in [3.8, 4) is 0 Å². The smallest absolute Gasteiger partial charge is 0.106 e. The third-order valence-electron chi connectivity index (χ3n) is 2.60. The summed E-state index contributed by atoms with van der Waals surface area (Å²) in [5.74, 6) is 0. The van der Waals surface area contributed by atoms with Gasteiger partial charge in [0.05, 0.1) is 0 Å². The molecule has 0 amide bonds. The fourth-order valence-corrected chi connectivity index (χ4v) is 2.41. The van der Waals surface area contributed by atoms with Gasteiger partial charge < -0.3 is 11.1 Å². The molecule has 0 fully saturated rings. The number of rotatable bonds is 5. The molecule has 1 rings (SSSR count). The second-order valence-electron chi connectivity index (χ2n) is 4.81. The minimum atomic E-state index is 0.0438. The Hall–Kier alpha value is -0.610. The number of nitrogens with two attached hydrogens (primary N) is 1. The van der Waals surface area contributed by atoms with Crippen molar-refractivity contribution in [3.05, 3.63) is 28.2 Å². The van der Waals surface area contributed by atoms with Crippen LogP contribution < -0.4 is 11.1 Å². The van der Waals surface area contributed by atoms with E-state index in [9.17, 15) is 0 Å². The van der Waals surface area contributed by atoms with E-state index in [0.717, 1.165) is 28.6 Å². The third kappa shape index (κ3) is 4.28. The van der Waals surface area contributed by atoms with Crippen molar-refractivity contribution < 1.29 is 0 Å². The molecule has 0 aliphatic carbocycles. The Morgan fingerprint density at radius 2 is 2.12 bits per heavy atom. The van der Waals surface area contributed by atoms with Crippen molar-refractivity contribution in [2.45, 2.75) is 39.2 Å². The van der Waals surface area contributed by atoms with Gasteiger partial charge in [0.25, 0.3) is 0 Å². The van der Waals surface area contributed by atoms with E-state index in [1.165, 1.54) is 0 Å². The van der Waals surface area contributed by atoms with Crippen molar-refractivity contribution in [1.82, 2.24) is 0 Å². The van der Waals surface area contributed by atoms with Crippen LogP contribution in [0.25, 0.3) is 0 Å². The largest absolute Gasteiger partial charge is 0.389 e. The summed E-state index contributed by atoms with van der Waals surface area (Å²) in [7, 11) is 0. The first-order chi connectivity index (χ1) is 7.85. The molecule has 0 aliphatic heterocycles. The van der Waals surface area contributed by atoms with Gasteiger partial charge in [-0.15, -0.1) is 0 Å². The number of halogens is 1. The Morgan fingerprint density at radius 3 is 2.65 bits per heavy atom. The van der Waals surface area contributed by atoms with E-state index in [0.29, 0.717) is 4.99 Å². The van der Waals surface area contributed by atoms with Crippen molar-refractivity contribution in [1.29, 1.82) is 0 Å². The second-order valence-corrected chi connectivity index (χ2v) is 6.17. The van der Waals surface area contributed by atoms with Crippen LogP contribution in [0.4, 0.5) is 5.69 Å². The Morgan fingerprint density at radius 1 is 1.47 bits per heavy atom. The molecule has 0 bridgehead atoms. The van der Waals surface area contributed by atoms with Gasteiger partial charge in [-0.2, -0.15) is 0 Å². The second kappa shape index (κ2) is 5.83. The summed E-state index contributed by atoms with van der Waals surface area (Å²) in [5.41, 5.74) is 7.68. The summed E-state index contributed by atoms with van der Waals surface area (Å²) in [5, 5.41) is 3.51. The van der Waals surface area contributed by atoms with E-state index < -0.39 is 0 Å². The van der Waals surface area contributed by atoms with Gasteiger partial charge in [0.1, 0.15) is 4.99 Å². The minimum Gasteiger partial charge on any atom is -0.389 e. The van der Waals surface area contributed by atoms with Crippen LogP contribution in [0.1, 0.15) is 39.2 Å². The summed E-state index contributed by atoms with van der Waals surface area (Å²) in [6, 6.07) is 5.95. The first-order valence-corrected chi connectivity index (χ1v) is 6.93. The van der Waals surface area contributed by atoms with Crippen molar-refractivity contribution in [2.75, 3.05) is 5.32 Å². The maximum absolute atomic E-state index is 5.75. The molecule has 0 aromatic heterocycles. The van der Waals surface area contributed by atoms with Crippen molar-refractivity contribution in [2.24, 2.45) is 5.73 Å². The van der Waals surface area contributed by atoms with E-state index in [2.05, 4.69) is 42.0 Å². The Labute approximate surface area is 117 Å². The Kier molecular flexibility index (Phi) is 4.95. The topological polar surface area (TPSA) is 38.0 Å². The number of benzene rings is 1. The summed E-state index contributed by atoms with van der Waals surface area (Å²) < 4.78 is 0.985. The summed E-state index contributed by atoms with van der Waals surface area (Å²) in [6.07, 6.45) is 2.23. The molecule has 4 heteroatoms. The molecule has 3 N–H and O–H groups in total. The van der Waals surface area contributed by atoms with Crippen LogP contribution in [0.2, 0.25) is 0 Å². The molecule has 0 spiro atoms. The molecule has 0 aliphatic rings. The van der Waals surface area contributed by atoms with Gasteiger partial charge in [0.2, 0.25) is 0 Å². The maximum atomic E-state index is 5.75. The highest BCUT2D eigenvalue weighted by atomic mass is 79.9. The molecular formula is C13H19BrN2S. The molecule has 1 aromatic carbocycles. The predicted octanol–water partition coefficient (Wildman–Crippen LogP) is 4.07. The number of hydrogen-bond acceptors (Lipinski definition) is 2. The standard InChI is InChI=1S/C13H19BrN2S/c1-4-7-13(2,3)16-11-6-5-9(14)8-10(11)12(15)17/h5-6,8,16H,4,7H2,1-3H3,(H2,15,17). The van der Waals surface area contributed by atoms with E-state index >= 15 is 0 Å². The lowest BCUT2D eigenvalue weighted by atomic mass is 9.97. The lowest BCUT2D eigenvalue weighted by Crippen LogP contribution is -2.31.